The largest absolute Gasteiger partial charge is 0.355 e. The molecule has 2 aliphatic heterocycles. The molecular weight excluding hydrogens is 2060 g/mol. The fourth-order valence-electron chi connectivity index (χ4n) is 17.3. The van der Waals surface area contributed by atoms with Crippen LogP contribution >= 0.6 is 89.7 Å². The van der Waals surface area contributed by atoms with Crippen molar-refractivity contribution in [1.82, 2.24) is 33.2 Å². The molecule has 2 saturated heterocycles. The monoisotopic (exact) mass is 2150 g/mol. The van der Waals surface area contributed by atoms with E-state index in [1.54, 1.807) is 12.4 Å². The first-order valence-electron chi connectivity index (χ1n) is 43.8. The maximum absolute atomic E-state index is 6.19. The number of aromatic nitrogens is 7. The standard InChI is InChI=1S/C41H27N3.C24H24BNO2.C18H12BrN.C12H9N.C7H15BO2.C6H4Br2.C5H3Br2N.CH4.B.ClH.Cu/c1-5-13-38-34(9-1)35-10-2-6-14-39(35)43(38)32-21-17-28(18-22-32)30-25-31(27-42-26-30)29-19-23-33(24-20-29)44-40-15-7-3-11-36(40)37-12-4-8-16-41(37)44;1-23(2)24(3,4)28-25(27-23)17-13-15-18(16-14-17)26-21-11-7-5-9-19(21)20-10-6-8-12-22(20)26;19-13-9-11-14(12-10-13)20-17-7-3-1-5-15(17)16-6-2-4-8-18(16)20;1-3-7-11-9(5-1)10-6-2-4-8-12(10)13-11;1-6(2)7(3,4)10-8(5)9-6;7-5-1-2-6(8)4-3-5;6-4-1-5(7)3-8-2-4;;;;/h1-27H;5-16H,1-4H3;1-12H;1-8,13H;1-5H3;1-4H;1-3H;1H4;;1H;/q;;;;;;;;;;+1/p-1. The zero-order valence-electron chi connectivity index (χ0n) is 75.2. The summed E-state index contributed by atoms with van der Waals surface area (Å²) in [5.41, 5.74) is 21.4. The molecule has 9 heterocycles. The molecule has 0 amide bonds. The van der Waals surface area contributed by atoms with Crippen LogP contribution in [0.3, 0.4) is 0 Å². The van der Waals surface area contributed by atoms with Crippen molar-refractivity contribution in [1.29, 1.82) is 0 Å². The molecule has 15 aromatic carbocycles. The van der Waals surface area contributed by atoms with E-state index >= 15 is 0 Å². The van der Waals surface area contributed by atoms with E-state index < -0.39 is 0 Å². The molecule has 135 heavy (non-hydrogen) atoms. The molecule has 2 aliphatic rings. The molecule has 0 aliphatic carbocycles. The molecule has 3 radical (unpaired) electrons. The van der Waals surface area contributed by atoms with Crippen molar-refractivity contribution in [2.24, 2.45) is 0 Å². The molecular formula is C114H98B3Br5ClCuN7O4. The number of hydrogen-bond donors (Lipinski definition) is 1. The van der Waals surface area contributed by atoms with E-state index in [2.05, 4.69) is 539 Å². The van der Waals surface area contributed by atoms with Crippen LogP contribution in [-0.4, -0.2) is 78.3 Å². The number of fused-ring (bicyclic) bond motifs is 15. The van der Waals surface area contributed by atoms with Gasteiger partial charge in [0.2, 0.25) is 0 Å². The average Bonchev–Trinajstić information content (AvgIpc) is 1.61. The zero-order chi connectivity index (χ0) is 92.7. The van der Waals surface area contributed by atoms with Gasteiger partial charge >= 0.3 is 39.4 Å². The Hall–Kier alpha value is -11.2. The Bertz CT molecular complexity index is 7360. The first kappa shape index (κ1) is 98.4. The van der Waals surface area contributed by atoms with Crippen molar-refractivity contribution >= 4 is 227 Å². The first-order chi connectivity index (χ1) is 64.4. The summed E-state index contributed by atoms with van der Waals surface area (Å²) in [4.78, 5) is 11.9. The third kappa shape index (κ3) is 21.2. The van der Waals surface area contributed by atoms with Crippen molar-refractivity contribution in [2.75, 3.05) is 0 Å². The number of nitrogens with zero attached hydrogens (tertiary/aromatic N) is 6. The van der Waals surface area contributed by atoms with Gasteiger partial charge in [0.25, 0.3) is 0 Å². The van der Waals surface area contributed by atoms with Crippen LogP contribution in [0.5, 0.6) is 0 Å². The van der Waals surface area contributed by atoms with Gasteiger partial charge in [0.15, 0.2) is 0 Å². The number of aromatic amines is 1. The van der Waals surface area contributed by atoms with Gasteiger partial charge in [-0.05, 0) is 268 Å². The van der Waals surface area contributed by atoms with Crippen molar-refractivity contribution in [3.63, 3.8) is 0 Å². The van der Waals surface area contributed by atoms with Crippen molar-refractivity contribution < 1.29 is 33.7 Å². The van der Waals surface area contributed by atoms with E-state index in [0.717, 1.165) is 67.1 Å². The van der Waals surface area contributed by atoms with Gasteiger partial charge in [0.05, 0.1) is 66.5 Å². The molecule has 0 atom stereocenters. The molecule has 11 nitrogen and oxygen atoms in total. The van der Waals surface area contributed by atoms with Crippen molar-refractivity contribution in [3.8, 4) is 45.0 Å². The van der Waals surface area contributed by atoms with Crippen LogP contribution in [0.25, 0.3) is 154 Å². The van der Waals surface area contributed by atoms with Crippen LogP contribution in [0.15, 0.2) is 423 Å². The normalized spacial score (nSPS) is 13.6. The van der Waals surface area contributed by atoms with Crippen LogP contribution < -0.4 is 5.46 Å². The van der Waals surface area contributed by atoms with Crippen LogP contribution in [0, 0.1) is 0 Å². The predicted octanol–water partition coefficient (Wildman–Crippen LogP) is 33.0. The fourth-order valence-corrected chi connectivity index (χ4v) is 19.1. The summed E-state index contributed by atoms with van der Waals surface area (Å²) in [6, 6.07) is 132. The summed E-state index contributed by atoms with van der Waals surface area (Å²) in [6.45, 7) is 18.5. The molecule has 7 aromatic heterocycles. The molecule has 24 rings (SSSR count). The summed E-state index contributed by atoms with van der Waals surface area (Å²) < 4.78 is 38.1. The van der Waals surface area contributed by atoms with Gasteiger partial charge in [-0.15, -0.1) is 0 Å². The van der Waals surface area contributed by atoms with E-state index in [4.69, 9.17) is 18.6 Å². The summed E-state index contributed by atoms with van der Waals surface area (Å²) >= 11 is 20.3. The van der Waals surface area contributed by atoms with Gasteiger partial charge in [-0.3, -0.25) is 9.97 Å². The molecule has 0 spiro atoms. The van der Waals surface area contributed by atoms with Gasteiger partial charge in [0.1, 0.15) is 0 Å². The van der Waals surface area contributed by atoms with Crippen molar-refractivity contribution in [2.45, 2.75) is 92.0 Å². The minimum atomic E-state index is -0.336. The van der Waals surface area contributed by atoms with E-state index in [9.17, 15) is 0 Å². The summed E-state index contributed by atoms with van der Waals surface area (Å²) in [7, 11) is 3.80. The average molecular weight is 2160 g/mol. The number of H-pyrrole nitrogens is 1. The van der Waals surface area contributed by atoms with Crippen LogP contribution in [-0.2, 0) is 33.7 Å². The minimum absolute atomic E-state index is 0. The number of pyridine rings is 2. The second kappa shape index (κ2) is 43.0. The van der Waals surface area contributed by atoms with Crippen LogP contribution in [0.2, 0.25) is 6.82 Å². The molecule has 1 N–H and O–H groups in total. The van der Waals surface area contributed by atoms with E-state index in [1.807, 2.05) is 49.5 Å². The second-order valence-electron chi connectivity index (χ2n) is 34.5. The number of halogens is 6. The number of para-hydroxylation sites is 10. The Morgan fingerprint density at radius 1 is 0.267 bits per heavy atom. The Labute approximate surface area is 846 Å². The molecule has 21 heteroatoms. The number of nitrogens with one attached hydrogen (secondary N) is 1. The van der Waals surface area contributed by atoms with Gasteiger partial charge in [-0.25, -0.2) is 0 Å². The summed E-state index contributed by atoms with van der Waals surface area (Å²) in [5, 5.41) is 12.8. The van der Waals surface area contributed by atoms with Gasteiger partial charge in [-0.2, -0.15) is 0 Å². The van der Waals surface area contributed by atoms with E-state index in [-0.39, 0.29) is 52.5 Å². The summed E-state index contributed by atoms with van der Waals surface area (Å²) in [6.07, 6.45) is 7.38. The van der Waals surface area contributed by atoms with Gasteiger partial charge in [-0.1, -0.05) is 274 Å². The second-order valence-corrected chi connectivity index (χ2v) is 39.1. The predicted molar refractivity (Wildman–Crippen MR) is 586 cm³/mol. The molecule has 0 saturated carbocycles. The smallest absolute Gasteiger partial charge is 0.0541 e. The number of rotatable bonds is 7. The quantitative estimate of drug-likeness (QED) is 0.160. The molecule has 0 unspecified atom stereocenters. The van der Waals surface area contributed by atoms with Crippen LogP contribution in [0.1, 0.15) is 62.8 Å². The van der Waals surface area contributed by atoms with Gasteiger partial charge < -0.3 is 41.9 Å². The molecule has 0 bridgehead atoms. The molecule has 22 aromatic rings. The van der Waals surface area contributed by atoms with E-state index in [1.165, 1.54) is 115 Å². The Kier molecular flexibility index (Phi) is 31.4. The molecule has 675 valence electrons. The third-order valence-electron chi connectivity index (χ3n) is 25.0. The topological polar surface area (TPSA) is 98.2 Å². The first-order valence-corrected chi connectivity index (χ1v) is 49.1. The number of hydrogen-bond acceptors (Lipinski definition) is 6. The Morgan fingerprint density at radius 2 is 0.489 bits per heavy atom. The Balaban J connectivity index is 0.000000131. The van der Waals surface area contributed by atoms with Crippen molar-refractivity contribution in [3.05, 3.63) is 423 Å². The molecule has 2 fully saturated rings. The third-order valence-corrected chi connectivity index (χ3v) is 27.5. The van der Waals surface area contributed by atoms with Crippen LogP contribution in [0.4, 0.5) is 0 Å². The summed E-state index contributed by atoms with van der Waals surface area (Å²) in [5.74, 6) is 0. The maximum atomic E-state index is 6.19. The minimum Gasteiger partial charge on any atom is -0.355 e. The van der Waals surface area contributed by atoms with Gasteiger partial charge in [0, 0.05) is 154 Å². The fraction of sp³-hybridized carbons (Fsp3) is 0.123. The maximum Gasteiger partial charge on any atom is 0.0541 e. The Morgan fingerprint density at radius 3 is 0.741 bits per heavy atom. The van der Waals surface area contributed by atoms with E-state index in [0.29, 0.717) is 0 Å². The zero-order valence-corrected chi connectivity index (χ0v) is 84.9. The SMILES string of the molecule is Brc1ccc(-n2c3ccccc3c3ccccc32)cc1.Brc1ccc(Br)cc1.Brc1cncc(Br)c1.C.CB1OC(C)(C)C(C)(C)O1.CC1(C)OB(c2ccc(-n3c4ccccc4c4ccccc43)cc2)OC1(C)C.[B].[Cl][Cu].c1ccc2c(c1)[nH]c1ccccc12.c1ccc2c(c1)c1ccccc1n2-c1ccc(-c2cncc(-c3ccc(-n4c5ccccc5c5ccccc54)cc3)c2)cc1. The number of benzene rings is 15.